The molecular formula is C22H29N3O3. The Labute approximate surface area is 167 Å². The Morgan fingerprint density at radius 2 is 1.79 bits per heavy atom. The second-order valence-corrected chi connectivity index (χ2v) is 7.38. The number of pyridine rings is 1. The van der Waals surface area contributed by atoms with Gasteiger partial charge in [0.05, 0.1) is 13.7 Å². The molecule has 0 bridgehead atoms. The minimum absolute atomic E-state index is 0.0291. The van der Waals surface area contributed by atoms with Crippen molar-refractivity contribution in [2.24, 2.45) is 5.92 Å². The van der Waals surface area contributed by atoms with Crippen LogP contribution in [-0.4, -0.2) is 55.7 Å². The molecule has 3 rings (SSSR count). The van der Waals surface area contributed by atoms with Gasteiger partial charge in [-0.1, -0.05) is 13.8 Å². The SMILES string of the molecule is COc1cc(C(=O)N2CCN(c3ccncc3)CC2)ccc1OCCC(C)C. The number of amides is 1. The Kier molecular flexibility index (Phi) is 6.74. The maximum Gasteiger partial charge on any atom is 0.254 e. The lowest BCUT2D eigenvalue weighted by molar-refractivity contribution is 0.0746. The molecule has 1 fully saturated rings. The van der Waals surface area contributed by atoms with Crippen molar-refractivity contribution in [2.75, 3.05) is 44.8 Å². The lowest BCUT2D eigenvalue weighted by Gasteiger charge is -2.36. The summed E-state index contributed by atoms with van der Waals surface area (Å²) >= 11 is 0. The Hall–Kier alpha value is -2.76. The number of benzene rings is 1. The third-order valence-electron chi connectivity index (χ3n) is 4.96. The lowest BCUT2D eigenvalue weighted by Crippen LogP contribution is -2.48. The predicted molar refractivity (Wildman–Crippen MR) is 110 cm³/mol. The first-order chi connectivity index (χ1) is 13.6. The fourth-order valence-electron chi connectivity index (χ4n) is 3.23. The molecule has 1 amide bonds. The summed E-state index contributed by atoms with van der Waals surface area (Å²) < 4.78 is 11.3. The summed E-state index contributed by atoms with van der Waals surface area (Å²) in [6.07, 6.45) is 4.57. The molecule has 6 nitrogen and oxygen atoms in total. The van der Waals surface area contributed by atoms with Crippen molar-refractivity contribution in [3.05, 3.63) is 48.3 Å². The van der Waals surface area contributed by atoms with Gasteiger partial charge in [-0.3, -0.25) is 9.78 Å². The van der Waals surface area contributed by atoms with Crippen molar-refractivity contribution in [3.8, 4) is 11.5 Å². The molecule has 0 aliphatic carbocycles. The molecule has 0 saturated carbocycles. The van der Waals surface area contributed by atoms with Gasteiger partial charge in [-0.15, -0.1) is 0 Å². The highest BCUT2D eigenvalue weighted by molar-refractivity contribution is 5.95. The van der Waals surface area contributed by atoms with E-state index >= 15 is 0 Å². The van der Waals surface area contributed by atoms with Crippen LogP contribution in [0.3, 0.4) is 0 Å². The smallest absolute Gasteiger partial charge is 0.254 e. The quantitative estimate of drug-likeness (QED) is 0.733. The predicted octanol–water partition coefficient (Wildman–Crippen LogP) is 3.48. The molecule has 0 unspecified atom stereocenters. The van der Waals surface area contributed by atoms with Gasteiger partial charge >= 0.3 is 0 Å². The fourth-order valence-corrected chi connectivity index (χ4v) is 3.23. The van der Waals surface area contributed by atoms with Crippen LogP contribution in [0, 0.1) is 5.92 Å². The molecule has 0 N–H and O–H groups in total. The average molecular weight is 383 g/mol. The van der Waals surface area contributed by atoms with Gasteiger partial charge in [0.2, 0.25) is 0 Å². The number of piperazine rings is 1. The summed E-state index contributed by atoms with van der Waals surface area (Å²) in [6.45, 7) is 7.96. The number of anilines is 1. The van der Waals surface area contributed by atoms with Crippen LogP contribution in [0.2, 0.25) is 0 Å². The maximum atomic E-state index is 12.9. The van der Waals surface area contributed by atoms with Crippen molar-refractivity contribution < 1.29 is 14.3 Å². The normalized spacial score (nSPS) is 14.3. The summed E-state index contributed by atoms with van der Waals surface area (Å²) in [5.74, 6) is 1.89. The van der Waals surface area contributed by atoms with Gasteiger partial charge in [-0.05, 0) is 42.7 Å². The van der Waals surface area contributed by atoms with Gasteiger partial charge in [0.1, 0.15) is 0 Å². The number of rotatable bonds is 7. The van der Waals surface area contributed by atoms with E-state index in [4.69, 9.17) is 9.47 Å². The van der Waals surface area contributed by atoms with E-state index in [0.717, 1.165) is 25.2 Å². The van der Waals surface area contributed by atoms with Crippen LogP contribution in [0.5, 0.6) is 11.5 Å². The monoisotopic (exact) mass is 383 g/mol. The van der Waals surface area contributed by atoms with Crippen molar-refractivity contribution in [3.63, 3.8) is 0 Å². The number of nitrogens with zero attached hydrogens (tertiary/aromatic N) is 3. The molecule has 2 heterocycles. The van der Waals surface area contributed by atoms with Crippen LogP contribution < -0.4 is 14.4 Å². The average Bonchev–Trinajstić information content (AvgIpc) is 2.74. The molecule has 1 aliphatic heterocycles. The minimum atomic E-state index is 0.0291. The van der Waals surface area contributed by atoms with E-state index in [1.807, 2.05) is 29.2 Å². The van der Waals surface area contributed by atoms with Gasteiger partial charge < -0.3 is 19.3 Å². The fraction of sp³-hybridized carbons (Fsp3) is 0.455. The van der Waals surface area contributed by atoms with Crippen LogP contribution in [0.15, 0.2) is 42.7 Å². The number of ether oxygens (including phenoxy) is 2. The molecule has 1 aromatic carbocycles. The number of hydrogen-bond acceptors (Lipinski definition) is 5. The Morgan fingerprint density at radius 3 is 2.43 bits per heavy atom. The van der Waals surface area contributed by atoms with Crippen molar-refractivity contribution >= 4 is 11.6 Å². The van der Waals surface area contributed by atoms with Gasteiger partial charge in [0.15, 0.2) is 11.5 Å². The number of carbonyl (C=O) groups excluding carboxylic acids is 1. The second kappa shape index (κ2) is 9.44. The van der Waals surface area contributed by atoms with Crippen LogP contribution in [0.1, 0.15) is 30.6 Å². The number of carbonyl (C=O) groups is 1. The van der Waals surface area contributed by atoms with Gasteiger partial charge in [-0.2, -0.15) is 0 Å². The zero-order valence-electron chi connectivity index (χ0n) is 16.9. The summed E-state index contributed by atoms with van der Waals surface area (Å²) in [5, 5.41) is 0. The standard InChI is InChI=1S/C22H29N3O3/c1-17(2)8-15-28-20-5-4-18(16-21(20)27-3)22(26)25-13-11-24(12-14-25)19-6-9-23-10-7-19/h4-7,9-10,16-17H,8,11-15H2,1-3H3. The molecule has 1 aromatic heterocycles. The minimum Gasteiger partial charge on any atom is -0.493 e. The summed E-state index contributed by atoms with van der Waals surface area (Å²) in [5.41, 5.74) is 1.78. The molecule has 28 heavy (non-hydrogen) atoms. The van der Waals surface area contributed by atoms with Crippen molar-refractivity contribution in [1.82, 2.24) is 9.88 Å². The molecule has 0 spiro atoms. The second-order valence-electron chi connectivity index (χ2n) is 7.38. The zero-order chi connectivity index (χ0) is 19.9. The molecule has 6 heteroatoms. The lowest BCUT2D eigenvalue weighted by atomic mass is 10.1. The van der Waals surface area contributed by atoms with Crippen molar-refractivity contribution in [1.29, 1.82) is 0 Å². The highest BCUT2D eigenvalue weighted by atomic mass is 16.5. The van der Waals surface area contributed by atoms with Gasteiger partial charge in [-0.25, -0.2) is 0 Å². The Bertz CT molecular complexity index is 772. The number of hydrogen-bond donors (Lipinski definition) is 0. The van der Waals surface area contributed by atoms with E-state index in [1.165, 1.54) is 0 Å². The van der Waals surface area contributed by atoms with E-state index in [9.17, 15) is 4.79 Å². The summed E-state index contributed by atoms with van der Waals surface area (Å²) in [7, 11) is 1.60. The van der Waals surface area contributed by atoms with Gasteiger partial charge in [0.25, 0.3) is 5.91 Å². The first kappa shape index (κ1) is 20.0. The number of methoxy groups -OCH3 is 1. The molecule has 0 atom stereocenters. The summed E-state index contributed by atoms with van der Waals surface area (Å²) in [6, 6.07) is 9.44. The highest BCUT2D eigenvalue weighted by Crippen LogP contribution is 2.29. The zero-order valence-corrected chi connectivity index (χ0v) is 16.9. The molecule has 1 saturated heterocycles. The highest BCUT2D eigenvalue weighted by Gasteiger charge is 2.23. The number of aromatic nitrogens is 1. The van der Waals surface area contributed by atoms with Crippen LogP contribution in [0.25, 0.3) is 0 Å². The Morgan fingerprint density at radius 1 is 1.07 bits per heavy atom. The molecule has 1 aliphatic rings. The third-order valence-corrected chi connectivity index (χ3v) is 4.96. The van der Waals surface area contributed by atoms with E-state index in [-0.39, 0.29) is 5.91 Å². The first-order valence-corrected chi connectivity index (χ1v) is 9.83. The van der Waals surface area contributed by atoms with Gasteiger partial charge in [0, 0.05) is 49.8 Å². The molecular weight excluding hydrogens is 354 g/mol. The molecule has 2 aromatic rings. The largest absolute Gasteiger partial charge is 0.493 e. The Balaban J connectivity index is 1.61. The first-order valence-electron chi connectivity index (χ1n) is 9.83. The summed E-state index contributed by atoms with van der Waals surface area (Å²) in [4.78, 5) is 21.2. The molecule has 150 valence electrons. The van der Waals surface area contributed by atoms with Crippen LogP contribution >= 0.6 is 0 Å². The van der Waals surface area contributed by atoms with E-state index in [1.54, 1.807) is 25.6 Å². The van der Waals surface area contributed by atoms with E-state index in [0.29, 0.717) is 42.7 Å². The van der Waals surface area contributed by atoms with E-state index in [2.05, 4.69) is 23.7 Å². The topological polar surface area (TPSA) is 54.9 Å². The van der Waals surface area contributed by atoms with Crippen molar-refractivity contribution in [2.45, 2.75) is 20.3 Å². The van der Waals surface area contributed by atoms with Crippen LogP contribution in [-0.2, 0) is 0 Å². The van der Waals surface area contributed by atoms with E-state index < -0.39 is 0 Å². The third kappa shape index (κ3) is 4.94. The maximum absolute atomic E-state index is 12.9. The molecule has 0 radical (unpaired) electrons. The van der Waals surface area contributed by atoms with Crippen LogP contribution in [0.4, 0.5) is 5.69 Å².